The normalized spacial score (nSPS) is 11.5. The Morgan fingerprint density at radius 3 is 2.29 bits per heavy atom. The summed E-state index contributed by atoms with van der Waals surface area (Å²) in [7, 11) is 3.47. The molecule has 21 heavy (non-hydrogen) atoms. The Balaban J connectivity index is 2.59. The largest absolute Gasteiger partial charge is 0.496 e. The molecule has 0 bridgehead atoms. The first-order chi connectivity index (χ1) is 9.74. The van der Waals surface area contributed by atoms with Crippen LogP contribution in [0.25, 0.3) is 11.1 Å². The first-order valence-electron chi connectivity index (χ1n) is 7.10. The van der Waals surface area contributed by atoms with Crippen LogP contribution in [0.1, 0.15) is 31.9 Å². The Hall–Kier alpha value is -2.03. The third-order valence-corrected chi connectivity index (χ3v) is 3.71. The third-order valence-electron chi connectivity index (χ3n) is 3.71. The van der Waals surface area contributed by atoms with Crippen LogP contribution >= 0.6 is 0 Å². The van der Waals surface area contributed by atoms with Gasteiger partial charge in [-0.05, 0) is 41.2 Å². The molecule has 112 valence electrons. The lowest BCUT2D eigenvalue weighted by Gasteiger charge is -2.22. The summed E-state index contributed by atoms with van der Waals surface area (Å²) >= 11 is 0. The molecule has 0 aliphatic heterocycles. The maximum absolute atomic E-state index is 11.8. The Bertz CT molecular complexity index is 695. The van der Waals surface area contributed by atoms with Crippen LogP contribution in [0.3, 0.4) is 0 Å². The molecule has 1 heterocycles. The van der Waals surface area contributed by atoms with Crippen molar-refractivity contribution < 1.29 is 4.74 Å². The standard InChI is InChI=1S/C18H23NO2/c1-12-9-14(11-19(5)17(12)20)13-7-8-15(18(2,3)4)16(10-13)21-6/h7-11H,1-6H3. The van der Waals surface area contributed by atoms with Gasteiger partial charge in [0.25, 0.3) is 5.56 Å². The molecule has 0 atom stereocenters. The molecule has 2 aromatic rings. The molecule has 3 heteroatoms. The van der Waals surface area contributed by atoms with E-state index in [4.69, 9.17) is 4.74 Å². The van der Waals surface area contributed by atoms with Crippen LogP contribution in [0.5, 0.6) is 5.75 Å². The Morgan fingerprint density at radius 1 is 1.10 bits per heavy atom. The van der Waals surface area contributed by atoms with Gasteiger partial charge in [-0.1, -0.05) is 32.9 Å². The zero-order valence-corrected chi connectivity index (χ0v) is 13.7. The fourth-order valence-electron chi connectivity index (χ4n) is 2.53. The summed E-state index contributed by atoms with van der Waals surface area (Å²) in [5, 5.41) is 0. The van der Waals surface area contributed by atoms with Crippen molar-refractivity contribution in [1.82, 2.24) is 4.57 Å². The molecule has 0 N–H and O–H groups in total. The van der Waals surface area contributed by atoms with Crippen molar-refractivity contribution in [3.63, 3.8) is 0 Å². The number of ether oxygens (including phenoxy) is 1. The smallest absolute Gasteiger partial charge is 0.253 e. The van der Waals surface area contributed by atoms with Crippen LogP contribution in [0.15, 0.2) is 35.3 Å². The van der Waals surface area contributed by atoms with Crippen LogP contribution < -0.4 is 10.3 Å². The molecule has 0 aliphatic rings. The molecule has 0 radical (unpaired) electrons. The van der Waals surface area contributed by atoms with Crippen molar-refractivity contribution in [1.29, 1.82) is 0 Å². The van der Waals surface area contributed by atoms with Gasteiger partial charge in [0, 0.05) is 18.8 Å². The minimum absolute atomic E-state index is 0.0311. The monoisotopic (exact) mass is 285 g/mol. The quantitative estimate of drug-likeness (QED) is 0.843. The van der Waals surface area contributed by atoms with E-state index in [9.17, 15) is 4.79 Å². The lowest BCUT2D eigenvalue weighted by atomic mass is 9.85. The maximum atomic E-state index is 11.8. The van der Waals surface area contributed by atoms with E-state index in [1.807, 2.05) is 25.3 Å². The van der Waals surface area contributed by atoms with Crippen molar-refractivity contribution in [2.75, 3.05) is 7.11 Å². The van der Waals surface area contributed by atoms with E-state index >= 15 is 0 Å². The Morgan fingerprint density at radius 2 is 1.76 bits per heavy atom. The minimum atomic E-state index is 0.0311. The molecule has 1 aromatic carbocycles. The summed E-state index contributed by atoms with van der Waals surface area (Å²) < 4.78 is 7.17. The molecule has 0 saturated carbocycles. The lowest BCUT2D eigenvalue weighted by Crippen LogP contribution is -2.18. The molecule has 0 unspecified atom stereocenters. The minimum Gasteiger partial charge on any atom is -0.496 e. The lowest BCUT2D eigenvalue weighted by molar-refractivity contribution is 0.398. The molecular formula is C18H23NO2. The zero-order chi connectivity index (χ0) is 15.8. The van der Waals surface area contributed by atoms with Gasteiger partial charge in [-0.25, -0.2) is 0 Å². The summed E-state index contributed by atoms with van der Waals surface area (Å²) in [5.41, 5.74) is 4.07. The maximum Gasteiger partial charge on any atom is 0.253 e. The second-order valence-corrected chi connectivity index (χ2v) is 6.49. The Kier molecular flexibility index (Phi) is 3.95. The molecule has 0 aliphatic carbocycles. The van der Waals surface area contributed by atoms with Gasteiger partial charge in [0.2, 0.25) is 0 Å². The van der Waals surface area contributed by atoms with Crippen molar-refractivity contribution >= 4 is 0 Å². The van der Waals surface area contributed by atoms with Crippen LogP contribution in [-0.4, -0.2) is 11.7 Å². The average Bonchev–Trinajstić information content (AvgIpc) is 2.42. The van der Waals surface area contributed by atoms with Gasteiger partial charge in [0.1, 0.15) is 5.75 Å². The molecule has 0 fully saturated rings. The number of aryl methyl sites for hydroxylation is 2. The molecule has 0 amide bonds. The highest BCUT2D eigenvalue weighted by atomic mass is 16.5. The van der Waals surface area contributed by atoms with E-state index in [0.29, 0.717) is 0 Å². The van der Waals surface area contributed by atoms with E-state index in [-0.39, 0.29) is 11.0 Å². The van der Waals surface area contributed by atoms with Gasteiger partial charge in [0.05, 0.1) is 7.11 Å². The predicted octanol–water partition coefficient (Wildman–Crippen LogP) is 3.67. The van der Waals surface area contributed by atoms with Crippen LogP contribution in [0, 0.1) is 6.92 Å². The van der Waals surface area contributed by atoms with Gasteiger partial charge in [-0.15, -0.1) is 0 Å². The highest BCUT2D eigenvalue weighted by molar-refractivity contribution is 5.66. The molecule has 1 aromatic heterocycles. The number of methoxy groups -OCH3 is 1. The van der Waals surface area contributed by atoms with Crippen molar-refractivity contribution in [2.45, 2.75) is 33.1 Å². The predicted molar refractivity (Wildman–Crippen MR) is 87.1 cm³/mol. The fraction of sp³-hybridized carbons (Fsp3) is 0.389. The molecule has 3 nitrogen and oxygen atoms in total. The van der Waals surface area contributed by atoms with Crippen LogP contribution in [-0.2, 0) is 12.5 Å². The van der Waals surface area contributed by atoms with Gasteiger partial charge in [-0.2, -0.15) is 0 Å². The number of rotatable bonds is 2. The van der Waals surface area contributed by atoms with Gasteiger partial charge >= 0.3 is 0 Å². The number of benzene rings is 1. The SMILES string of the molecule is COc1cc(-c2cc(C)c(=O)n(C)c2)ccc1C(C)(C)C. The van der Waals surface area contributed by atoms with Gasteiger partial charge in [-0.3, -0.25) is 4.79 Å². The van der Waals surface area contributed by atoms with Crippen molar-refractivity contribution in [2.24, 2.45) is 7.05 Å². The molecule has 2 rings (SSSR count). The van der Waals surface area contributed by atoms with E-state index < -0.39 is 0 Å². The summed E-state index contributed by atoms with van der Waals surface area (Å²) in [6.45, 7) is 8.34. The number of hydrogen-bond acceptors (Lipinski definition) is 2. The number of aromatic nitrogens is 1. The summed E-state index contributed by atoms with van der Waals surface area (Å²) in [6, 6.07) is 8.16. The third kappa shape index (κ3) is 3.02. The first-order valence-corrected chi connectivity index (χ1v) is 7.10. The van der Waals surface area contributed by atoms with Crippen LogP contribution in [0.2, 0.25) is 0 Å². The van der Waals surface area contributed by atoms with E-state index in [0.717, 1.165) is 22.4 Å². The van der Waals surface area contributed by atoms with Gasteiger partial charge < -0.3 is 9.30 Å². The van der Waals surface area contributed by atoms with E-state index in [1.54, 1.807) is 18.7 Å². The number of pyridine rings is 1. The summed E-state index contributed by atoms with van der Waals surface area (Å²) in [4.78, 5) is 11.8. The number of hydrogen-bond donors (Lipinski definition) is 0. The molecular weight excluding hydrogens is 262 g/mol. The van der Waals surface area contributed by atoms with Crippen molar-refractivity contribution in [3.8, 4) is 16.9 Å². The molecule has 0 spiro atoms. The Labute approximate surface area is 126 Å². The summed E-state index contributed by atoms with van der Waals surface area (Å²) in [6.07, 6.45) is 1.86. The van der Waals surface area contributed by atoms with E-state index in [1.165, 1.54) is 5.56 Å². The van der Waals surface area contributed by atoms with E-state index in [2.05, 4.69) is 32.9 Å². The fourth-order valence-corrected chi connectivity index (χ4v) is 2.53. The van der Waals surface area contributed by atoms with Crippen molar-refractivity contribution in [3.05, 3.63) is 51.9 Å². The topological polar surface area (TPSA) is 31.2 Å². The average molecular weight is 285 g/mol. The molecule has 0 saturated heterocycles. The van der Waals surface area contributed by atoms with Gasteiger partial charge in [0.15, 0.2) is 0 Å². The summed E-state index contributed by atoms with van der Waals surface area (Å²) in [5.74, 6) is 0.881. The van der Waals surface area contributed by atoms with Crippen LogP contribution in [0.4, 0.5) is 0 Å². The number of nitrogens with zero attached hydrogens (tertiary/aromatic N) is 1. The highest BCUT2D eigenvalue weighted by Crippen LogP contribution is 2.34. The highest BCUT2D eigenvalue weighted by Gasteiger charge is 2.19. The second kappa shape index (κ2) is 5.40. The second-order valence-electron chi connectivity index (χ2n) is 6.49. The first kappa shape index (κ1) is 15.4. The zero-order valence-electron chi connectivity index (χ0n) is 13.7.